The van der Waals surface area contributed by atoms with Crippen molar-refractivity contribution in [2.24, 2.45) is 5.10 Å². The third-order valence-electron chi connectivity index (χ3n) is 2.75. The molecule has 1 aromatic carbocycles. The van der Waals surface area contributed by atoms with Crippen LogP contribution in [0.3, 0.4) is 0 Å². The van der Waals surface area contributed by atoms with E-state index >= 15 is 0 Å². The van der Waals surface area contributed by atoms with E-state index in [-0.39, 0.29) is 23.4 Å². The molecule has 0 radical (unpaired) electrons. The van der Waals surface area contributed by atoms with Gasteiger partial charge in [0.2, 0.25) is 0 Å². The SMILES string of the molecule is OCc1nc(NN=CC(F)(F)F)cnc1-c1ccc(OC(F)(F)F)cc1. The van der Waals surface area contributed by atoms with Crippen molar-refractivity contribution in [3.05, 3.63) is 36.2 Å². The number of aromatic nitrogens is 2. The molecule has 2 rings (SSSR count). The van der Waals surface area contributed by atoms with Crippen molar-refractivity contribution < 1.29 is 36.2 Å². The van der Waals surface area contributed by atoms with Gasteiger partial charge in [0.15, 0.2) is 5.82 Å². The van der Waals surface area contributed by atoms with Crippen molar-refractivity contribution in [1.82, 2.24) is 9.97 Å². The average molecular weight is 380 g/mol. The van der Waals surface area contributed by atoms with Gasteiger partial charge >= 0.3 is 12.5 Å². The van der Waals surface area contributed by atoms with Crippen LogP contribution < -0.4 is 10.2 Å². The van der Waals surface area contributed by atoms with E-state index in [9.17, 15) is 31.4 Å². The van der Waals surface area contributed by atoms with Crippen molar-refractivity contribution in [2.45, 2.75) is 19.1 Å². The number of aliphatic hydroxyl groups excluding tert-OH is 1. The summed E-state index contributed by atoms with van der Waals surface area (Å²) >= 11 is 0. The molecule has 2 N–H and O–H groups in total. The summed E-state index contributed by atoms with van der Waals surface area (Å²) in [5.74, 6) is -0.602. The van der Waals surface area contributed by atoms with Gasteiger partial charge in [-0.2, -0.15) is 18.3 Å². The predicted octanol–water partition coefficient (Wildman–Crippen LogP) is 3.49. The summed E-state index contributed by atoms with van der Waals surface area (Å²) in [7, 11) is 0. The van der Waals surface area contributed by atoms with Crippen LogP contribution >= 0.6 is 0 Å². The fraction of sp³-hybridized carbons (Fsp3) is 0.214. The zero-order chi connectivity index (χ0) is 19.4. The minimum atomic E-state index is -4.83. The highest BCUT2D eigenvalue weighted by Gasteiger charge is 2.31. The quantitative estimate of drug-likeness (QED) is 0.472. The molecule has 0 amide bonds. The zero-order valence-corrected chi connectivity index (χ0v) is 12.6. The highest BCUT2D eigenvalue weighted by molar-refractivity contribution is 5.66. The first-order chi connectivity index (χ1) is 12.1. The van der Waals surface area contributed by atoms with Gasteiger partial charge in [-0.25, -0.2) is 4.98 Å². The molecule has 26 heavy (non-hydrogen) atoms. The molecule has 0 bridgehead atoms. The minimum Gasteiger partial charge on any atom is -0.406 e. The number of benzene rings is 1. The lowest BCUT2D eigenvalue weighted by molar-refractivity contribution is -0.274. The minimum absolute atomic E-state index is 0.0123. The highest BCUT2D eigenvalue weighted by atomic mass is 19.4. The van der Waals surface area contributed by atoms with Gasteiger partial charge in [0.05, 0.1) is 24.2 Å². The molecule has 2 aromatic rings. The lowest BCUT2D eigenvalue weighted by atomic mass is 10.1. The number of aliphatic hydroxyl groups is 1. The van der Waals surface area contributed by atoms with Gasteiger partial charge in [-0.15, -0.1) is 13.2 Å². The van der Waals surface area contributed by atoms with Gasteiger partial charge in [0, 0.05) is 5.56 Å². The first-order valence-corrected chi connectivity index (χ1v) is 6.77. The van der Waals surface area contributed by atoms with E-state index in [2.05, 4.69) is 19.8 Å². The smallest absolute Gasteiger partial charge is 0.406 e. The van der Waals surface area contributed by atoms with Crippen LogP contribution in [0.1, 0.15) is 5.69 Å². The van der Waals surface area contributed by atoms with Crippen LogP contribution in [0.5, 0.6) is 5.75 Å². The molecule has 0 unspecified atom stereocenters. The molecule has 1 aromatic heterocycles. The van der Waals surface area contributed by atoms with Crippen LogP contribution in [0, 0.1) is 0 Å². The standard InChI is InChI=1S/C14H10F6N4O2/c15-13(16,17)7-22-24-11-5-21-12(10(6-25)23-11)8-1-3-9(4-2-8)26-14(18,19)20/h1-5,7,25H,6H2,(H,23,24). The number of alkyl halides is 6. The van der Waals surface area contributed by atoms with Crippen LogP contribution in [0.15, 0.2) is 35.6 Å². The number of hydrogen-bond donors (Lipinski definition) is 2. The molecule has 0 saturated carbocycles. The van der Waals surface area contributed by atoms with Crippen molar-refractivity contribution in [1.29, 1.82) is 0 Å². The molecule has 0 spiro atoms. The molecule has 0 aliphatic carbocycles. The maximum absolute atomic E-state index is 12.1. The number of halogens is 6. The summed E-state index contributed by atoms with van der Waals surface area (Å²) < 4.78 is 76.1. The lowest BCUT2D eigenvalue weighted by Gasteiger charge is -2.11. The Bertz CT molecular complexity index is 774. The number of ether oxygens (including phenoxy) is 1. The van der Waals surface area contributed by atoms with Crippen LogP contribution in [0.4, 0.5) is 32.2 Å². The second-order valence-corrected chi connectivity index (χ2v) is 4.69. The first-order valence-electron chi connectivity index (χ1n) is 6.77. The largest absolute Gasteiger partial charge is 0.573 e. The van der Waals surface area contributed by atoms with Crippen molar-refractivity contribution in [3.8, 4) is 17.0 Å². The van der Waals surface area contributed by atoms with Gasteiger partial charge in [0.1, 0.15) is 12.0 Å². The molecular weight excluding hydrogens is 370 g/mol. The Morgan fingerprint density at radius 2 is 1.77 bits per heavy atom. The molecular formula is C14H10F6N4O2. The van der Waals surface area contributed by atoms with Gasteiger partial charge in [-0.05, 0) is 24.3 Å². The van der Waals surface area contributed by atoms with Crippen molar-refractivity contribution in [2.75, 3.05) is 5.43 Å². The van der Waals surface area contributed by atoms with E-state index in [1.807, 2.05) is 5.43 Å². The second-order valence-electron chi connectivity index (χ2n) is 4.69. The third-order valence-corrected chi connectivity index (χ3v) is 2.75. The second kappa shape index (κ2) is 7.56. The molecule has 0 aliphatic heterocycles. The Labute approximate surface area is 142 Å². The fourth-order valence-electron chi connectivity index (χ4n) is 1.82. The normalized spacial score (nSPS) is 12.4. The summed E-state index contributed by atoms with van der Waals surface area (Å²) in [5, 5.41) is 12.3. The number of hydrogen-bond acceptors (Lipinski definition) is 6. The summed E-state index contributed by atoms with van der Waals surface area (Å²) in [6.07, 6.45) is -8.68. The van der Waals surface area contributed by atoms with E-state index in [0.29, 0.717) is 5.56 Å². The summed E-state index contributed by atoms with van der Waals surface area (Å²) in [6, 6.07) is 4.62. The van der Waals surface area contributed by atoms with Crippen LogP contribution in [0.2, 0.25) is 0 Å². The predicted molar refractivity (Wildman–Crippen MR) is 78.2 cm³/mol. The first kappa shape index (κ1) is 19.4. The molecule has 12 heteroatoms. The Kier molecular flexibility index (Phi) is 5.65. The topological polar surface area (TPSA) is 79.6 Å². The third kappa shape index (κ3) is 5.88. The van der Waals surface area contributed by atoms with Crippen molar-refractivity contribution >= 4 is 12.0 Å². The van der Waals surface area contributed by atoms with Crippen LogP contribution in [0.25, 0.3) is 11.3 Å². The summed E-state index contributed by atoms with van der Waals surface area (Å²) in [6.45, 7) is -0.609. The fourth-order valence-corrected chi connectivity index (χ4v) is 1.82. The number of nitrogens with one attached hydrogen (secondary N) is 1. The van der Waals surface area contributed by atoms with Gasteiger partial charge in [0.25, 0.3) is 0 Å². The number of hydrazone groups is 1. The maximum Gasteiger partial charge on any atom is 0.573 e. The van der Waals surface area contributed by atoms with Gasteiger partial charge in [-0.3, -0.25) is 10.4 Å². The molecule has 140 valence electrons. The van der Waals surface area contributed by atoms with E-state index in [4.69, 9.17) is 0 Å². The molecule has 0 fully saturated rings. The molecule has 0 saturated heterocycles. The van der Waals surface area contributed by atoms with E-state index in [1.54, 1.807) is 0 Å². The molecule has 0 atom stereocenters. The summed E-state index contributed by atoms with van der Waals surface area (Å²) in [5.41, 5.74) is 2.45. The molecule has 0 aliphatic rings. The Morgan fingerprint density at radius 3 is 2.31 bits per heavy atom. The Hall–Kier alpha value is -2.89. The Morgan fingerprint density at radius 1 is 1.12 bits per heavy atom. The number of nitrogens with zero attached hydrogens (tertiary/aromatic N) is 3. The maximum atomic E-state index is 12.1. The molecule has 6 nitrogen and oxygen atoms in total. The van der Waals surface area contributed by atoms with Crippen LogP contribution in [-0.4, -0.2) is 33.8 Å². The number of rotatable bonds is 5. The van der Waals surface area contributed by atoms with Gasteiger partial charge in [-0.1, -0.05) is 0 Å². The van der Waals surface area contributed by atoms with E-state index in [1.165, 1.54) is 12.1 Å². The van der Waals surface area contributed by atoms with Crippen molar-refractivity contribution in [3.63, 3.8) is 0 Å². The highest BCUT2D eigenvalue weighted by Crippen LogP contribution is 2.27. The van der Waals surface area contributed by atoms with Crippen LogP contribution in [-0.2, 0) is 6.61 Å². The monoisotopic (exact) mass is 380 g/mol. The lowest BCUT2D eigenvalue weighted by Crippen LogP contribution is -2.16. The molecule has 1 heterocycles. The van der Waals surface area contributed by atoms with E-state index < -0.39 is 24.9 Å². The zero-order valence-electron chi connectivity index (χ0n) is 12.6. The van der Waals surface area contributed by atoms with Gasteiger partial charge < -0.3 is 9.84 Å². The Balaban J connectivity index is 2.20. The average Bonchev–Trinajstić information content (AvgIpc) is 2.53. The van der Waals surface area contributed by atoms with E-state index in [0.717, 1.165) is 18.3 Å². The number of anilines is 1. The summed E-state index contributed by atoms with van der Waals surface area (Å²) in [4.78, 5) is 7.79.